The maximum absolute atomic E-state index is 11.2. The van der Waals surface area contributed by atoms with Crippen LogP contribution in [-0.4, -0.2) is 22.3 Å². The maximum atomic E-state index is 11.2. The first-order chi connectivity index (χ1) is 5.45. The Kier molecular flexibility index (Phi) is 1.35. The molecule has 3 heteroatoms. The molecular formula is C9H14O3. The van der Waals surface area contributed by atoms with Gasteiger partial charge in [-0.15, -0.1) is 0 Å². The zero-order valence-corrected chi connectivity index (χ0v) is 7.46. The number of ether oxygens (including phenoxy) is 1. The van der Waals surface area contributed by atoms with Crippen LogP contribution in [-0.2, 0) is 9.53 Å². The molecule has 0 aromatic carbocycles. The third-order valence-electron chi connectivity index (χ3n) is 3.41. The van der Waals surface area contributed by atoms with E-state index in [1.807, 2.05) is 6.92 Å². The molecule has 1 saturated heterocycles. The van der Waals surface area contributed by atoms with Gasteiger partial charge < -0.3 is 9.84 Å². The lowest BCUT2D eigenvalue weighted by molar-refractivity contribution is -0.170. The smallest absolute Gasteiger partial charge is 0.309 e. The summed E-state index contributed by atoms with van der Waals surface area (Å²) in [5.74, 6) is -0.0921. The zero-order valence-electron chi connectivity index (χ0n) is 7.46. The van der Waals surface area contributed by atoms with Crippen molar-refractivity contribution < 1.29 is 14.6 Å². The molecule has 3 nitrogen and oxygen atoms in total. The summed E-state index contributed by atoms with van der Waals surface area (Å²) < 4.78 is 5.20. The van der Waals surface area contributed by atoms with Crippen LogP contribution in [0, 0.1) is 5.92 Å². The van der Waals surface area contributed by atoms with Gasteiger partial charge in [-0.2, -0.15) is 0 Å². The average Bonchev–Trinajstić information content (AvgIpc) is 2.19. The maximum Gasteiger partial charge on any atom is 0.309 e. The lowest BCUT2D eigenvalue weighted by Gasteiger charge is -2.40. The second-order valence-corrected chi connectivity index (χ2v) is 4.37. The van der Waals surface area contributed by atoms with Gasteiger partial charge in [0, 0.05) is 6.42 Å². The molecule has 2 rings (SSSR count). The number of hydrogen-bond donors (Lipinski definition) is 1. The van der Waals surface area contributed by atoms with Gasteiger partial charge in [-0.1, -0.05) is 0 Å². The topological polar surface area (TPSA) is 46.5 Å². The van der Waals surface area contributed by atoms with Crippen molar-refractivity contribution in [1.29, 1.82) is 0 Å². The molecule has 0 aromatic heterocycles. The Morgan fingerprint density at radius 2 is 2.25 bits per heavy atom. The van der Waals surface area contributed by atoms with Crippen LogP contribution >= 0.6 is 0 Å². The van der Waals surface area contributed by atoms with E-state index in [-0.39, 0.29) is 11.9 Å². The standard InChI is InChI=1S/C9H14O3/c1-8(11)4-3-6-5-9(8,2)12-7(6)10/h6,11H,3-5H2,1-2H3. The molecule has 3 atom stereocenters. The Labute approximate surface area is 71.7 Å². The van der Waals surface area contributed by atoms with Crippen molar-refractivity contribution in [3.8, 4) is 0 Å². The number of rotatable bonds is 0. The average molecular weight is 170 g/mol. The Hall–Kier alpha value is -0.570. The van der Waals surface area contributed by atoms with Crippen LogP contribution < -0.4 is 0 Å². The Morgan fingerprint density at radius 1 is 1.58 bits per heavy atom. The minimum atomic E-state index is -0.838. The van der Waals surface area contributed by atoms with Crippen LogP contribution in [0.15, 0.2) is 0 Å². The van der Waals surface area contributed by atoms with E-state index in [1.54, 1.807) is 6.92 Å². The summed E-state index contributed by atoms with van der Waals surface area (Å²) in [4.78, 5) is 11.2. The zero-order chi connectivity index (χ0) is 8.98. The molecule has 68 valence electrons. The predicted molar refractivity (Wildman–Crippen MR) is 42.5 cm³/mol. The second-order valence-electron chi connectivity index (χ2n) is 4.37. The van der Waals surface area contributed by atoms with E-state index >= 15 is 0 Å². The summed E-state index contributed by atoms with van der Waals surface area (Å²) >= 11 is 0. The van der Waals surface area contributed by atoms with Gasteiger partial charge in [-0.05, 0) is 26.7 Å². The van der Waals surface area contributed by atoms with Gasteiger partial charge in [0.1, 0.15) is 11.2 Å². The van der Waals surface area contributed by atoms with Crippen LogP contribution in [0.25, 0.3) is 0 Å². The Morgan fingerprint density at radius 3 is 2.83 bits per heavy atom. The highest BCUT2D eigenvalue weighted by atomic mass is 16.6. The third kappa shape index (κ3) is 0.829. The van der Waals surface area contributed by atoms with Crippen molar-refractivity contribution in [2.45, 2.75) is 44.3 Å². The third-order valence-corrected chi connectivity index (χ3v) is 3.41. The Balaban J connectivity index is 2.34. The molecular weight excluding hydrogens is 156 g/mol. The second kappa shape index (κ2) is 2.02. The lowest BCUT2D eigenvalue weighted by Crippen LogP contribution is -2.51. The molecule has 0 amide bonds. The van der Waals surface area contributed by atoms with Gasteiger partial charge in [0.25, 0.3) is 0 Å². The van der Waals surface area contributed by atoms with Gasteiger partial charge in [-0.3, -0.25) is 4.79 Å². The quantitative estimate of drug-likeness (QED) is 0.548. The summed E-state index contributed by atoms with van der Waals surface area (Å²) in [6.07, 6.45) is 2.11. The first-order valence-corrected chi connectivity index (χ1v) is 4.40. The van der Waals surface area contributed by atoms with Crippen LogP contribution in [0.3, 0.4) is 0 Å². The summed E-state index contributed by atoms with van der Waals surface area (Å²) in [6.45, 7) is 3.58. The van der Waals surface area contributed by atoms with Crippen LogP contribution in [0.2, 0.25) is 0 Å². The van der Waals surface area contributed by atoms with Gasteiger partial charge >= 0.3 is 5.97 Å². The first kappa shape index (κ1) is 8.05. The molecule has 1 heterocycles. The van der Waals surface area contributed by atoms with E-state index in [9.17, 15) is 9.90 Å². The van der Waals surface area contributed by atoms with Gasteiger partial charge in [0.15, 0.2) is 0 Å². The van der Waals surface area contributed by atoms with Crippen LogP contribution in [0.4, 0.5) is 0 Å². The van der Waals surface area contributed by atoms with Gasteiger partial charge in [0.2, 0.25) is 0 Å². The minimum absolute atomic E-state index is 0.0372. The van der Waals surface area contributed by atoms with E-state index in [0.717, 1.165) is 6.42 Å². The molecule has 0 aromatic rings. The monoisotopic (exact) mass is 170 g/mol. The van der Waals surface area contributed by atoms with E-state index in [1.165, 1.54) is 0 Å². The van der Waals surface area contributed by atoms with E-state index < -0.39 is 11.2 Å². The summed E-state index contributed by atoms with van der Waals surface area (Å²) in [5, 5.41) is 9.96. The van der Waals surface area contributed by atoms with E-state index in [4.69, 9.17) is 4.74 Å². The lowest BCUT2D eigenvalue weighted by atomic mass is 9.72. The molecule has 3 unspecified atom stereocenters. The number of aliphatic hydroxyl groups is 1. The Bertz CT molecular complexity index is 234. The molecule has 12 heavy (non-hydrogen) atoms. The minimum Gasteiger partial charge on any atom is -0.456 e. The molecule has 2 fully saturated rings. The van der Waals surface area contributed by atoms with Crippen molar-refractivity contribution in [2.24, 2.45) is 5.92 Å². The fraction of sp³-hybridized carbons (Fsp3) is 0.889. The van der Waals surface area contributed by atoms with Crippen LogP contribution in [0.5, 0.6) is 0 Å². The molecule has 1 N–H and O–H groups in total. The van der Waals surface area contributed by atoms with Crippen molar-refractivity contribution in [1.82, 2.24) is 0 Å². The normalized spacial score (nSPS) is 52.2. The molecule has 0 radical (unpaired) electrons. The van der Waals surface area contributed by atoms with Crippen LogP contribution in [0.1, 0.15) is 33.1 Å². The number of fused-ring (bicyclic) bond motifs is 2. The summed E-state index contributed by atoms with van der Waals surface area (Å²) in [7, 11) is 0. The predicted octanol–water partition coefficient (Wildman–Crippen LogP) is 0.853. The van der Waals surface area contributed by atoms with Crippen molar-refractivity contribution >= 4 is 5.97 Å². The van der Waals surface area contributed by atoms with Crippen molar-refractivity contribution in [3.63, 3.8) is 0 Å². The SMILES string of the molecule is CC1(O)CCC2CC1(C)OC2=O. The number of carbonyl (C=O) groups is 1. The highest BCUT2D eigenvalue weighted by molar-refractivity contribution is 5.76. The van der Waals surface area contributed by atoms with Crippen molar-refractivity contribution in [3.05, 3.63) is 0 Å². The first-order valence-electron chi connectivity index (χ1n) is 4.40. The van der Waals surface area contributed by atoms with Gasteiger partial charge in [-0.25, -0.2) is 0 Å². The van der Waals surface area contributed by atoms with Crippen molar-refractivity contribution in [2.75, 3.05) is 0 Å². The summed E-state index contributed by atoms with van der Waals surface area (Å²) in [6, 6.07) is 0. The van der Waals surface area contributed by atoms with Gasteiger partial charge in [0.05, 0.1) is 5.92 Å². The highest BCUT2D eigenvalue weighted by Gasteiger charge is 2.57. The summed E-state index contributed by atoms with van der Waals surface area (Å²) in [5.41, 5.74) is -1.47. The molecule has 1 aliphatic heterocycles. The van der Waals surface area contributed by atoms with E-state index in [2.05, 4.69) is 0 Å². The molecule has 0 spiro atoms. The van der Waals surface area contributed by atoms with E-state index in [0.29, 0.717) is 12.8 Å². The molecule has 2 bridgehead atoms. The largest absolute Gasteiger partial charge is 0.456 e. The number of hydrogen-bond acceptors (Lipinski definition) is 3. The molecule has 1 aliphatic carbocycles. The molecule has 2 aliphatic rings. The highest BCUT2D eigenvalue weighted by Crippen LogP contribution is 2.47. The molecule has 1 saturated carbocycles. The fourth-order valence-corrected chi connectivity index (χ4v) is 2.17. The number of carbonyl (C=O) groups excluding carboxylic acids is 1. The fourth-order valence-electron chi connectivity index (χ4n) is 2.17. The number of esters is 1.